The average molecular weight is 261 g/mol. The molecule has 1 unspecified atom stereocenters. The van der Waals surface area contributed by atoms with Gasteiger partial charge in [-0.15, -0.1) is 11.3 Å². The maximum atomic E-state index is 4.58. The third-order valence-electron chi connectivity index (χ3n) is 3.72. The molecular formula is C14H19N3S. The lowest BCUT2D eigenvalue weighted by Gasteiger charge is -2.24. The summed E-state index contributed by atoms with van der Waals surface area (Å²) >= 11 is 1.75. The second-order valence-electron chi connectivity index (χ2n) is 5.03. The zero-order chi connectivity index (χ0) is 12.5. The predicted molar refractivity (Wildman–Crippen MR) is 74.6 cm³/mol. The van der Waals surface area contributed by atoms with Gasteiger partial charge in [0.15, 0.2) is 0 Å². The van der Waals surface area contributed by atoms with E-state index in [9.17, 15) is 0 Å². The molecule has 0 radical (unpaired) electrons. The fourth-order valence-corrected chi connectivity index (χ4v) is 3.46. The fourth-order valence-electron chi connectivity index (χ4n) is 2.86. The summed E-state index contributed by atoms with van der Waals surface area (Å²) in [7, 11) is 2.14. The van der Waals surface area contributed by atoms with Crippen molar-refractivity contribution in [2.75, 3.05) is 6.54 Å². The standard InChI is InChI=1S/C14H19N3S/c1-11-15-12(10-18-11)9-17-8-4-6-14(17)13-5-3-7-16(13)2/h3,5,7,10,14H,4,6,8-9H2,1-2H3. The number of rotatable bonds is 3. The fraction of sp³-hybridized carbons (Fsp3) is 0.500. The van der Waals surface area contributed by atoms with E-state index in [1.807, 2.05) is 0 Å². The first-order valence-electron chi connectivity index (χ1n) is 6.50. The van der Waals surface area contributed by atoms with Crippen LogP contribution < -0.4 is 0 Å². The van der Waals surface area contributed by atoms with Crippen molar-refractivity contribution in [2.45, 2.75) is 32.4 Å². The van der Waals surface area contributed by atoms with Gasteiger partial charge in [0, 0.05) is 30.9 Å². The summed E-state index contributed by atoms with van der Waals surface area (Å²) in [5, 5.41) is 3.36. The van der Waals surface area contributed by atoms with Crippen molar-refractivity contribution in [1.82, 2.24) is 14.5 Å². The quantitative estimate of drug-likeness (QED) is 0.846. The van der Waals surface area contributed by atoms with E-state index in [0.29, 0.717) is 6.04 Å². The van der Waals surface area contributed by atoms with Crippen LogP contribution >= 0.6 is 11.3 Å². The molecule has 3 heterocycles. The van der Waals surface area contributed by atoms with Gasteiger partial charge in [0.05, 0.1) is 16.7 Å². The van der Waals surface area contributed by atoms with Gasteiger partial charge in [0.1, 0.15) is 0 Å². The number of nitrogens with zero attached hydrogens (tertiary/aromatic N) is 3. The van der Waals surface area contributed by atoms with Gasteiger partial charge in [-0.25, -0.2) is 4.98 Å². The first kappa shape index (κ1) is 11.9. The van der Waals surface area contributed by atoms with Gasteiger partial charge in [-0.1, -0.05) is 0 Å². The molecule has 1 aliphatic heterocycles. The van der Waals surface area contributed by atoms with E-state index in [1.165, 1.54) is 35.8 Å². The molecule has 2 aromatic rings. The van der Waals surface area contributed by atoms with Crippen LogP contribution in [-0.2, 0) is 13.6 Å². The van der Waals surface area contributed by atoms with E-state index >= 15 is 0 Å². The molecule has 0 spiro atoms. The highest BCUT2D eigenvalue weighted by Crippen LogP contribution is 2.33. The summed E-state index contributed by atoms with van der Waals surface area (Å²) in [6.45, 7) is 4.25. The van der Waals surface area contributed by atoms with E-state index in [0.717, 1.165) is 6.54 Å². The van der Waals surface area contributed by atoms with Gasteiger partial charge in [-0.05, 0) is 38.4 Å². The molecule has 2 aromatic heterocycles. The Balaban J connectivity index is 1.77. The Kier molecular flexibility index (Phi) is 3.22. The van der Waals surface area contributed by atoms with E-state index in [2.05, 4.69) is 52.1 Å². The van der Waals surface area contributed by atoms with Crippen molar-refractivity contribution in [3.05, 3.63) is 40.1 Å². The first-order valence-corrected chi connectivity index (χ1v) is 7.38. The molecule has 1 fully saturated rings. The molecule has 0 aromatic carbocycles. The van der Waals surface area contributed by atoms with Crippen LogP contribution in [0.25, 0.3) is 0 Å². The maximum Gasteiger partial charge on any atom is 0.0897 e. The zero-order valence-electron chi connectivity index (χ0n) is 11.0. The van der Waals surface area contributed by atoms with Crippen LogP contribution in [-0.4, -0.2) is 21.0 Å². The Morgan fingerprint density at radius 3 is 3.06 bits per heavy atom. The van der Waals surface area contributed by atoms with Crippen molar-refractivity contribution in [2.24, 2.45) is 7.05 Å². The normalized spacial score (nSPS) is 20.7. The average Bonchev–Trinajstić information content (AvgIpc) is 3.02. The Morgan fingerprint density at radius 2 is 2.39 bits per heavy atom. The highest BCUT2D eigenvalue weighted by atomic mass is 32.1. The van der Waals surface area contributed by atoms with Crippen molar-refractivity contribution < 1.29 is 0 Å². The summed E-state index contributed by atoms with van der Waals surface area (Å²) < 4.78 is 2.25. The monoisotopic (exact) mass is 261 g/mol. The van der Waals surface area contributed by atoms with Crippen LogP contribution in [0.2, 0.25) is 0 Å². The van der Waals surface area contributed by atoms with Gasteiger partial charge in [-0.2, -0.15) is 0 Å². The smallest absolute Gasteiger partial charge is 0.0897 e. The molecule has 1 aliphatic rings. The molecule has 18 heavy (non-hydrogen) atoms. The van der Waals surface area contributed by atoms with Crippen LogP contribution in [0.15, 0.2) is 23.7 Å². The minimum atomic E-state index is 0.562. The minimum absolute atomic E-state index is 0.562. The molecule has 0 saturated carbocycles. The van der Waals surface area contributed by atoms with Crippen molar-refractivity contribution in [3.8, 4) is 0 Å². The van der Waals surface area contributed by atoms with Crippen molar-refractivity contribution >= 4 is 11.3 Å². The van der Waals surface area contributed by atoms with Gasteiger partial charge in [0.25, 0.3) is 0 Å². The minimum Gasteiger partial charge on any atom is -0.353 e. The van der Waals surface area contributed by atoms with E-state index in [4.69, 9.17) is 0 Å². The Labute approximate surface area is 112 Å². The lowest BCUT2D eigenvalue weighted by molar-refractivity contribution is 0.238. The highest BCUT2D eigenvalue weighted by molar-refractivity contribution is 7.09. The van der Waals surface area contributed by atoms with Gasteiger partial charge >= 0.3 is 0 Å². The Bertz CT molecular complexity index is 529. The van der Waals surface area contributed by atoms with Crippen molar-refractivity contribution in [3.63, 3.8) is 0 Å². The number of thiazole rings is 1. The van der Waals surface area contributed by atoms with Crippen molar-refractivity contribution in [1.29, 1.82) is 0 Å². The van der Waals surface area contributed by atoms with Gasteiger partial charge in [-0.3, -0.25) is 4.90 Å². The second-order valence-corrected chi connectivity index (χ2v) is 6.09. The lowest BCUT2D eigenvalue weighted by atomic mass is 10.1. The van der Waals surface area contributed by atoms with Crippen LogP contribution in [0, 0.1) is 6.92 Å². The molecule has 0 N–H and O–H groups in total. The lowest BCUT2D eigenvalue weighted by Crippen LogP contribution is -2.24. The molecular weight excluding hydrogens is 242 g/mol. The summed E-state index contributed by atoms with van der Waals surface area (Å²) in [5.41, 5.74) is 2.65. The largest absolute Gasteiger partial charge is 0.353 e. The molecule has 0 bridgehead atoms. The SMILES string of the molecule is Cc1nc(CN2CCCC2c2cccn2C)cs1. The summed E-state index contributed by atoms with van der Waals surface area (Å²) in [5.74, 6) is 0. The molecule has 3 rings (SSSR count). The number of hydrogen-bond acceptors (Lipinski definition) is 3. The molecule has 4 heteroatoms. The summed E-state index contributed by atoms with van der Waals surface area (Å²) in [6.07, 6.45) is 4.69. The number of hydrogen-bond donors (Lipinski definition) is 0. The topological polar surface area (TPSA) is 21.1 Å². The zero-order valence-corrected chi connectivity index (χ0v) is 11.8. The van der Waals surface area contributed by atoms with E-state index in [1.54, 1.807) is 11.3 Å². The molecule has 1 saturated heterocycles. The van der Waals surface area contributed by atoms with Crippen LogP contribution in [0.4, 0.5) is 0 Å². The Morgan fingerprint density at radius 1 is 1.50 bits per heavy atom. The second kappa shape index (κ2) is 4.86. The van der Waals surface area contributed by atoms with Gasteiger partial charge in [0.2, 0.25) is 0 Å². The number of aromatic nitrogens is 2. The van der Waals surface area contributed by atoms with Crippen LogP contribution in [0.3, 0.4) is 0 Å². The predicted octanol–water partition coefficient (Wildman–Crippen LogP) is 3.13. The molecule has 96 valence electrons. The van der Waals surface area contributed by atoms with Crippen LogP contribution in [0.5, 0.6) is 0 Å². The molecule has 0 aliphatic carbocycles. The summed E-state index contributed by atoms with van der Waals surface area (Å²) in [6, 6.07) is 4.95. The first-order chi connectivity index (χ1) is 8.74. The third-order valence-corrected chi connectivity index (χ3v) is 4.54. The highest BCUT2D eigenvalue weighted by Gasteiger charge is 2.27. The molecule has 0 amide bonds. The number of aryl methyl sites for hydroxylation is 2. The third kappa shape index (κ3) is 2.22. The maximum absolute atomic E-state index is 4.58. The number of likely N-dealkylation sites (tertiary alicyclic amines) is 1. The molecule has 3 nitrogen and oxygen atoms in total. The van der Waals surface area contributed by atoms with Gasteiger partial charge < -0.3 is 4.57 Å². The summed E-state index contributed by atoms with van der Waals surface area (Å²) in [4.78, 5) is 7.14. The molecule has 1 atom stereocenters. The van der Waals surface area contributed by atoms with Crippen LogP contribution in [0.1, 0.15) is 35.3 Å². The van der Waals surface area contributed by atoms with E-state index < -0.39 is 0 Å². The Hall–Kier alpha value is -1.13. The van der Waals surface area contributed by atoms with E-state index in [-0.39, 0.29) is 0 Å².